The molecule has 0 aliphatic carbocycles. The fourth-order valence-corrected chi connectivity index (χ4v) is 2.48. The minimum absolute atomic E-state index is 0.0238. The molecule has 0 aromatic heterocycles. The fourth-order valence-electron chi connectivity index (χ4n) is 2.48. The van der Waals surface area contributed by atoms with Crippen LogP contribution in [-0.4, -0.2) is 52.8 Å². The summed E-state index contributed by atoms with van der Waals surface area (Å²) in [6.45, 7) is 9.46. The first-order valence-corrected chi connectivity index (χ1v) is 9.59. The zero-order valence-corrected chi connectivity index (χ0v) is 16.6. The van der Waals surface area contributed by atoms with Crippen LogP contribution in [0.1, 0.15) is 19.4 Å². The van der Waals surface area contributed by atoms with Gasteiger partial charge in [0.25, 0.3) is 0 Å². The molecule has 0 radical (unpaired) electrons. The average molecular weight is 376 g/mol. The summed E-state index contributed by atoms with van der Waals surface area (Å²) < 4.78 is 22.2. The standard InChI is InChI=1S/C22H33NO4/c1-22(2,17-23)18-27-14-12-25-10-9-24-11-13-26-16-19-7-8-20-5-3-4-6-21(20)15-19/h3-8,15H,9-14,16-18,23H2,1-2H3. The van der Waals surface area contributed by atoms with Gasteiger partial charge < -0.3 is 24.7 Å². The van der Waals surface area contributed by atoms with Gasteiger partial charge in [0, 0.05) is 5.41 Å². The molecule has 0 amide bonds. The van der Waals surface area contributed by atoms with Crippen LogP contribution in [0.2, 0.25) is 0 Å². The van der Waals surface area contributed by atoms with Crippen LogP contribution in [0.5, 0.6) is 0 Å². The van der Waals surface area contributed by atoms with E-state index >= 15 is 0 Å². The molecule has 0 atom stereocenters. The van der Waals surface area contributed by atoms with Crippen LogP contribution in [0.25, 0.3) is 10.8 Å². The van der Waals surface area contributed by atoms with Crippen molar-refractivity contribution in [1.82, 2.24) is 0 Å². The summed E-state index contributed by atoms with van der Waals surface area (Å²) >= 11 is 0. The quantitative estimate of drug-likeness (QED) is 0.513. The molecule has 0 fully saturated rings. The molecular formula is C22H33NO4. The Bertz CT molecular complexity index is 660. The lowest BCUT2D eigenvalue weighted by Crippen LogP contribution is -2.29. The average Bonchev–Trinajstić information content (AvgIpc) is 2.68. The molecule has 5 nitrogen and oxygen atoms in total. The second-order valence-corrected chi connectivity index (χ2v) is 7.38. The molecule has 2 aromatic rings. The van der Waals surface area contributed by atoms with Gasteiger partial charge in [-0.1, -0.05) is 50.2 Å². The van der Waals surface area contributed by atoms with Gasteiger partial charge in [-0.25, -0.2) is 0 Å². The molecule has 0 saturated heterocycles. The third-order valence-corrected chi connectivity index (χ3v) is 4.24. The Balaban J connectivity index is 1.42. The van der Waals surface area contributed by atoms with Crippen LogP contribution >= 0.6 is 0 Å². The molecule has 2 rings (SSSR count). The number of hydrogen-bond acceptors (Lipinski definition) is 5. The Morgan fingerprint density at radius 1 is 0.741 bits per heavy atom. The van der Waals surface area contributed by atoms with Crippen molar-refractivity contribution in [2.75, 3.05) is 52.8 Å². The highest BCUT2D eigenvalue weighted by molar-refractivity contribution is 5.82. The van der Waals surface area contributed by atoms with Gasteiger partial charge in [-0.3, -0.25) is 0 Å². The van der Waals surface area contributed by atoms with Gasteiger partial charge in [0.15, 0.2) is 0 Å². The van der Waals surface area contributed by atoms with Crippen LogP contribution < -0.4 is 5.73 Å². The van der Waals surface area contributed by atoms with E-state index in [0.29, 0.717) is 59.4 Å². The van der Waals surface area contributed by atoms with Crippen LogP contribution in [0.3, 0.4) is 0 Å². The molecule has 0 heterocycles. The lowest BCUT2D eigenvalue weighted by Gasteiger charge is -2.21. The number of hydrogen-bond donors (Lipinski definition) is 1. The predicted octanol–water partition coefficient (Wildman–Crippen LogP) is 3.39. The molecular weight excluding hydrogens is 342 g/mol. The first-order valence-electron chi connectivity index (χ1n) is 9.59. The monoisotopic (exact) mass is 375 g/mol. The third kappa shape index (κ3) is 8.82. The van der Waals surface area contributed by atoms with Gasteiger partial charge in [0.2, 0.25) is 0 Å². The van der Waals surface area contributed by atoms with E-state index in [1.54, 1.807) is 0 Å². The van der Waals surface area contributed by atoms with Crippen molar-refractivity contribution in [3.05, 3.63) is 48.0 Å². The van der Waals surface area contributed by atoms with Crippen LogP contribution in [-0.2, 0) is 25.6 Å². The number of nitrogens with two attached hydrogens (primary N) is 1. The maximum atomic E-state index is 5.67. The van der Waals surface area contributed by atoms with Crippen molar-refractivity contribution in [3.8, 4) is 0 Å². The Labute approximate surface area is 162 Å². The molecule has 0 aliphatic heterocycles. The van der Waals surface area contributed by atoms with Gasteiger partial charge in [0.1, 0.15) is 0 Å². The number of rotatable bonds is 14. The highest BCUT2D eigenvalue weighted by atomic mass is 16.6. The second-order valence-electron chi connectivity index (χ2n) is 7.38. The lowest BCUT2D eigenvalue weighted by molar-refractivity contribution is -0.0132. The van der Waals surface area contributed by atoms with Gasteiger partial charge >= 0.3 is 0 Å². The zero-order chi connectivity index (χ0) is 19.4. The van der Waals surface area contributed by atoms with Crippen molar-refractivity contribution in [2.24, 2.45) is 11.1 Å². The molecule has 0 saturated carbocycles. The predicted molar refractivity (Wildman–Crippen MR) is 109 cm³/mol. The number of benzene rings is 2. The van der Waals surface area contributed by atoms with E-state index in [1.165, 1.54) is 16.3 Å². The van der Waals surface area contributed by atoms with E-state index in [-0.39, 0.29) is 5.41 Å². The summed E-state index contributed by atoms with van der Waals surface area (Å²) in [5.41, 5.74) is 6.85. The molecule has 0 unspecified atom stereocenters. The van der Waals surface area contributed by atoms with E-state index in [1.807, 2.05) is 0 Å². The highest BCUT2D eigenvalue weighted by Gasteiger charge is 2.15. The van der Waals surface area contributed by atoms with E-state index in [4.69, 9.17) is 24.7 Å². The summed E-state index contributed by atoms with van der Waals surface area (Å²) in [4.78, 5) is 0. The summed E-state index contributed by atoms with van der Waals surface area (Å²) in [6.07, 6.45) is 0. The summed E-state index contributed by atoms with van der Waals surface area (Å²) in [5.74, 6) is 0. The van der Waals surface area contributed by atoms with E-state index in [2.05, 4.69) is 56.3 Å². The largest absolute Gasteiger partial charge is 0.378 e. The summed E-state index contributed by atoms with van der Waals surface area (Å²) in [7, 11) is 0. The molecule has 0 spiro atoms. The maximum absolute atomic E-state index is 5.67. The first kappa shape index (κ1) is 21.8. The van der Waals surface area contributed by atoms with Crippen molar-refractivity contribution in [3.63, 3.8) is 0 Å². The zero-order valence-electron chi connectivity index (χ0n) is 16.6. The molecule has 2 N–H and O–H groups in total. The lowest BCUT2D eigenvalue weighted by atomic mass is 9.95. The van der Waals surface area contributed by atoms with Crippen LogP contribution in [0, 0.1) is 5.41 Å². The van der Waals surface area contributed by atoms with E-state index in [0.717, 1.165) is 0 Å². The van der Waals surface area contributed by atoms with Crippen LogP contribution in [0.15, 0.2) is 42.5 Å². The minimum atomic E-state index is 0.0238. The number of ether oxygens (including phenoxy) is 4. The smallest absolute Gasteiger partial charge is 0.0718 e. The van der Waals surface area contributed by atoms with Gasteiger partial charge in [0.05, 0.1) is 52.9 Å². The van der Waals surface area contributed by atoms with Gasteiger partial charge in [-0.2, -0.15) is 0 Å². The molecule has 5 heteroatoms. The number of fused-ring (bicyclic) bond motifs is 1. The van der Waals surface area contributed by atoms with Crippen molar-refractivity contribution >= 4 is 10.8 Å². The van der Waals surface area contributed by atoms with E-state index < -0.39 is 0 Å². The fraction of sp³-hybridized carbons (Fsp3) is 0.545. The normalized spacial score (nSPS) is 12.0. The SMILES string of the molecule is CC(C)(CN)COCCOCCOCCOCc1ccc2ccccc2c1. The molecule has 150 valence electrons. The maximum Gasteiger partial charge on any atom is 0.0718 e. The Kier molecular flexibility index (Phi) is 9.73. The third-order valence-electron chi connectivity index (χ3n) is 4.24. The molecule has 0 aliphatic rings. The van der Waals surface area contributed by atoms with Crippen molar-refractivity contribution in [2.45, 2.75) is 20.5 Å². The van der Waals surface area contributed by atoms with Crippen LogP contribution in [0.4, 0.5) is 0 Å². The topological polar surface area (TPSA) is 62.9 Å². The van der Waals surface area contributed by atoms with Gasteiger partial charge in [-0.05, 0) is 28.9 Å². The summed E-state index contributed by atoms with van der Waals surface area (Å²) in [5, 5.41) is 2.49. The van der Waals surface area contributed by atoms with Crippen molar-refractivity contribution < 1.29 is 18.9 Å². The van der Waals surface area contributed by atoms with Crippen molar-refractivity contribution in [1.29, 1.82) is 0 Å². The molecule has 27 heavy (non-hydrogen) atoms. The minimum Gasteiger partial charge on any atom is -0.378 e. The first-order chi connectivity index (χ1) is 13.1. The molecule has 0 bridgehead atoms. The summed E-state index contributed by atoms with van der Waals surface area (Å²) in [6, 6.07) is 14.7. The Morgan fingerprint density at radius 2 is 1.33 bits per heavy atom. The Hall–Kier alpha value is -1.50. The Morgan fingerprint density at radius 3 is 2.00 bits per heavy atom. The van der Waals surface area contributed by atoms with E-state index in [9.17, 15) is 0 Å². The molecule has 2 aromatic carbocycles. The van der Waals surface area contributed by atoms with Gasteiger partial charge in [-0.15, -0.1) is 0 Å². The second kappa shape index (κ2) is 12.1. The highest BCUT2D eigenvalue weighted by Crippen LogP contribution is 2.16.